The maximum atomic E-state index is 13.4. The van der Waals surface area contributed by atoms with E-state index in [0.717, 1.165) is 12.5 Å². The van der Waals surface area contributed by atoms with Crippen molar-refractivity contribution >= 4 is 11.7 Å². The monoisotopic (exact) mass is 364 g/mol. The van der Waals surface area contributed by atoms with E-state index >= 15 is 0 Å². The van der Waals surface area contributed by atoms with E-state index < -0.39 is 23.7 Å². The number of esters is 1. The van der Waals surface area contributed by atoms with Gasteiger partial charge in [0.2, 0.25) is 0 Å². The minimum Gasteiger partial charge on any atom is -0.460 e. The number of carbonyl (C=O) groups is 1. The van der Waals surface area contributed by atoms with Crippen molar-refractivity contribution < 1.29 is 22.7 Å². The van der Waals surface area contributed by atoms with Crippen LogP contribution in [0, 0.1) is 0 Å². The van der Waals surface area contributed by atoms with Crippen molar-refractivity contribution in [1.82, 2.24) is 19.6 Å². The molecule has 1 aromatic carbocycles. The van der Waals surface area contributed by atoms with Gasteiger partial charge < -0.3 is 4.74 Å². The Morgan fingerprint density at radius 2 is 1.92 bits per heavy atom. The summed E-state index contributed by atoms with van der Waals surface area (Å²) in [5.74, 6) is -1.65. The van der Waals surface area contributed by atoms with Gasteiger partial charge in [0, 0.05) is 5.56 Å². The van der Waals surface area contributed by atoms with E-state index in [0.29, 0.717) is 16.5 Å². The fourth-order valence-corrected chi connectivity index (χ4v) is 2.29. The second-order valence-corrected chi connectivity index (χ2v) is 5.53. The number of benzene rings is 1. The molecule has 9 heteroatoms. The molecule has 3 rings (SSSR count). The molecule has 0 aliphatic rings. The largest absolute Gasteiger partial charge is 0.460 e. The molecule has 0 N–H and O–H groups in total. The molecule has 0 radical (unpaired) electrons. The Kier molecular flexibility index (Phi) is 4.88. The first-order valence-corrected chi connectivity index (χ1v) is 7.97. The Labute approximate surface area is 146 Å². The molecule has 0 unspecified atom stereocenters. The van der Waals surface area contributed by atoms with Gasteiger partial charge in [0.05, 0.1) is 12.3 Å². The number of nitrogens with zero attached hydrogens (tertiary/aromatic N) is 4. The average molecular weight is 364 g/mol. The number of aromatic nitrogens is 4. The molecule has 2 aromatic heterocycles. The molecular weight excluding hydrogens is 349 g/mol. The van der Waals surface area contributed by atoms with Gasteiger partial charge in [-0.15, -0.1) is 5.10 Å². The van der Waals surface area contributed by atoms with Crippen LogP contribution < -0.4 is 0 Å². The van der Waals surface area contributed by atoms with E-state index in [-0.39, 0.29) is 18.1 Å². The Bertz CT molecular complexity index is 923. The summed E-state index contributed by atoms with van der Waals surface area (Å²) in [7, 11) is 0. The molecule has 26 heavy (non-hydrogen) atoms. The van der Waals surface area contributed by atoms with Crippen molar-refractivity contribution in [2.75, 3.05) is 6.61 Å². The third kappa shape index (κ3) is 3.66. The van der Waals surface area contributed by atoms with Gasteiger partial charge in [-0.25, -0.2) is 9.78 Å². The highest BCUT2D eigenvalue weighted by atomic mass is 19.4. The quantitative estimate of drug-likeness (QED) is 0.509. The van der Waals surface area contributed by atoms with E-state index in [1.165, 1.54) is 0 Å². The van der Waals surface area contributed by atoms with E-state index in [1.54, 1.807) is 30.3 Å². The zero-order valence-electron chi connectivity index (χ0n) is 13.8. The van der Waals surface area contributed by atoms with Crippen LogP contribution in [0.5, 0.6) is 0 Å². The average Bonchev–Trinajstić information content (AvgIpc) is 3.05. The second-order valence-electron chi connectivity index (χ2n) is 5.53. The molecule has 6 nitrogen and oxygen atoms in total. The van der Waals surface area contributed by atoms with Crippen LogP contribution in [0.4, 0.5) is 13.2 Å². The minimum atomic E-state index is -4.69. The summed E-state index contributed by atoms with van der Waals surface area (Å²) >= 11 is 0. The van der Waals surface area contributed by atoms with Crippen LogP contribution in [0.3, 0.4) is 0 Å². The molecule has 0 spiro atoms. The first-order chi connectivity index (χ1) is 12.4. The number of hydrogen-bond donors (Lipinski definition) is 0. The molecule has 0 saturated heterocycles. The fourth-order valence-electron chi connectivity index (χ4n) is 2.29. The Morgan fingerprint density at radius 3 is 2.58 bits per heavy atom. The molecule has 0 saturated carbocycles. The number of alkyl halides is 3. The lowest BCUT2D eigenvalue weighted by Crippen LogP contribution is -2.14. The second kappa shape index (κ2) is 7.11. The van der Waals surface area contributed by atoms with E-state index in [1.807, 2.05) is 6.92 Å². The normalized spacial score (nSPS) is 11.7. The maximum absolute atomic E-state index is 13.4. The van der Waals surface area contributed by atoms with E-state index in [4.69, 9.17) is 4.74 Å². The van der Waals surface area contributed by atoms with Crippen molar-refractivity contribution in [3.05, 3.63) is 47.9 Å². The molecule has 0 aliphatic carbocycles. The van der Waals surface area contributed by atoms with Crippen LogP contribution in [0.2, 0.25) is 0 Å². The minimum absolute atomic E-state index is 0.0868. The van der Waals surface area contributed by atoms with Gasteiger partial charge in [0.25, 0.3) is 11.6 Å². The van der Waals surface area contributed by atoms with Gasteiger partial charge >= 0.3 is 12.1 Å². The molecule has 0 aliphatic heterocycles. The van der Waals surface area contributed by atoms with E-state index in [2.05, 4.69) is 15.1 Å². The summed E-state index contributed by atoms with van der Waals surface area (Å²) in [6, 6.07) is 9.27. The smallest absolute Gasteiger partial charge is 0.433 e. The van der Waals surface area contributed by atoms with Crippen molar-refractivity contribution in [3.8, 4) is 11.3 Å². The topological polar surface area (TPSA) is 69.4 Å². The van der Waals surface area contributed by atoms with Crippen LogP contribution in [0.1, 0.15) is 36.1 Å². The van der Waals surface area contributed by atoms with Gasteiger partial charge in [0.15, 0.2) is 5.69 Å². The zero-order valence-corrected chi connectivity index (χ0v) is 13.8. The van der Waals surface area contributed by atoms with E-state index in [9.17, 15) is 18.0 Å². The summed E-state index contributed by atoms with van der Waals surface area (Å²) in [5.41, 5.74) is -0.485. The lowest BCUT2D eigenvalue weighted by atomic mass is 10.1. The SMILES string of the molecule is CCCCOC(=O)c1nc2nc(-c3ccccc3)cc(C(F)(F)F)n2n1. The molecule has 0 bridgehead atoms. The molecule has 136 valence electrons. The lowest BCUT2D eigenvalue weighted by Gasteiger charge is -2.10. The summed E-state index contributed by atoms with van der Waals surface area (Å²) in [6.07, 6.45) is -3.24. The Balaban J connectivity index is 2.07. The highest BCUT2D eigenvalue weighted by Gasteiger charge is 2.36. The summed E-state index contributed by atoms with van der Waals surface area (Å²) in [4.78, 5) is 19.9. The van der Waals surface area contributed by atoms with Gasteiger partial charge in [-0.2, -0.15) is 22.7 Å². The van der Waals surface area contributed by atoms with Crippen molar-refractivity contribution in [2.45, 2.75) is 25.9 Å². The molecule has 0 amide bonds. The predicted molar refractivity (Wildman–Crippen MR) is 86.4 cm³/mol. The summed E-state index contributed by atoms with van der Waals surface area (Å²) < 4.78 is 45.8. The third-order valence-electron chi connectivity index (χ3n) is 3.59. The lowest BCUT2D eigenvalue weighted by molar-refractivity contribution is -0.142. The van der Waals surface area contributed by atoms with Crippen LogP contribution in [0.25, 0.3) is 17.0 Å². The van der Waals surface area contributed by atoms with Crippen LogP contribution in [-0.4, -0.2) is 32.2 Å². The van der Waals surface area contributed by atoms with Crippen LogP contribution in [0.15, 0.2) is 36.4 Å². The number of hydrogen-bond acceptors (Lipinski definition) is 5. The molecule has 2 heterocycles. The van der Waals surface area contributed by atoms with Crippen molar-refractivity contribution in [3.63, 3.8) is 0 Å². The Hall–Kier alpha value is -2.97. The molecular formula is C17H15F3N4O2. The number of rotatable bonds is 5. The van der Waals surface area contributed by atoms with Gasteiger partial charge in [-0.3, -0.25) is 0 Å². The highest BCUT2D eigenvalue weighted by molar-refractivity contribution is 5.85. The zero-order chi connectivity index (χ0) is 18.7. The fraction of sp³-hybridized carbons (Fsp3) is 0.294. The number of unbranched alkanes of at least 4 members (excludes halogenated alkanes) is 1. The standard InChI is InChI=1S/C17H15F3N4O2/c1-2-3-9-26-15(25)14-22-16-21-12(11-7-5-4-6-8-11)10-13(17(18,19)20)24(16)23-14/h4-8,10H,2-3,9H2,1H3. The van der Waals surface area contributed by atoms with Gasteiger partial charge in [-0.1, -0.05) is 43.7 Å². The predicted octanol–water partition coefficient (Wildman–Crippen LogP) is 3.77. The molecule has 3 aromatic rings. The maximum Gasteiger partial charge on any atom is 0.433 e. The Morgan fingerprint density at radius 1 is 1.19 bits per heavy atom. The number of carbonyl (C=O) groups excluding carboxylic acids is 1. The first-order valence-electron chi connectivity index (χ1n) is 7.97. The molecule has 0 atom stereocenters. The van der Waals surface area contributed by atoms with Gasteiger partial charge in [-0.05, 0) is 12.5 Å². The van der Waals surface area contributed by atoms with Gasteiger partial charge in [0.1, 0.15) is 0 Å². The van der Waals surface area contributed by atoms with Crippen molar-refractivity contribution in [1.29, 1.82) is 0 Å². The first kappa shape index (κ1) is 17.8. The number of fused-ring (bicyclic) bond motifs is 1. The summed E-state index contributed by atoms with van der Waals surface area (Å²) in [5, 5.41) is 3.64. The van der Waals surface area contributed by atoms with Crippen LogP contribution >= 0.6 is 0 Å². The van der Waals surface area contributed by atoms with Crippen molar-refractivity contribution in [2.24, 2.45) is 0 Å². The molecule has 0 fully saturated rings. The third-order valence-corrected chi connectivity index (χ3v) is 3.59. The van der Waals surface area contributed by atoms with Crippen LogP contribution in [-0.2, 0) is 10.9 Å². The number of ether oxygens (including phenoxy) is 1. The number of halogens is 3. The highest BCUT2D eigenvalue weighted by Crippen LogP contribution is 2.31. The summed E-state index contributed by atoms with van der Waals surface area (Å²) in [6.45, 7) is 2.07.